The Morgan fingerprint density at radius 2 is 2.11 bits per heavy atom. The Hall–Kier alpha value is -0.0800. The van der Waals surface area contributed by atoms with Crippen LogP contribution in [-0.2, 0) is 14.2 Å². The van der Waals surface area contributed by atoms with Crippen LogP contribution in [0.2, 0.25) is 0 Å². The lowest BCUT2D eigenvalue weighted by Gasteiger charge is -2.29. The highest BCUT2D eigenvalue weighted by Crippen LogP contribution is 2.25. The lowest BCUT2D eigenvalue weighted by Crippen LogP contribution is -2.44. The van der Waals surface area contributed by atoms with Crippen LogP contribution in [0.5, 0.6) is 0 Å². The molecule has 0 bridgehead atoms. The maximum absolute atomic E-state index is 12.1. The molecule has 1 aliphatic rings. The minimum atomic E-state index is -0.460. The van der Waals surface area contributed by atoms with E-state index in [0.29, 0.717) is 6.54 Å². The number of amides is 1. The summed E-state index contributed by atoms with van der Waals surface area (Å²) in [5.74, 6) is 0. The van der Waals surface area contributed by atoms with Crippen molar-refractivity contribution in [2.45, 2.75) is 44.9 Å². The van der Waals surface area contributed by atoms with Gasteiger partial charge in [-0.1, -0.05) is 22.6 Å². The van der Waals surface area contributed by atoms with Crippen LogP contribution in [0, 0.1) is 0 Å². The summed E-state index contributed by atoms with van der Waals surface area (Å²) in [5.41, 5.74) is -0.460. The fourth-order valence-electron chi connectivity index (χ4n) is 1.90. The van der Waals surface area contributed by atoms with Crippen molar-refractivity contribution in [3.8, 4) is 0 Å². The third-order valence-electron chi connectivity index (χ3n) is 2.67. The van der Waals surface area contributed by atoms with E-state index in [1.54, 1.807) is 12.0 Å². The number of alkyl halides is 1. The molecule has 1 rings (SSSR count). The molecule has 0 aromatic rings. The van der Waals surface area contributed by atoms with Gasteiger partial charge in [-0.25, -0.2) is 4.79 Å². The minimum Gasteiger partial charge on any atom is -0.444 e. The average Bonchev–Trinajstić information content (AvgIpc) is 2.66. The number of methoxy groups -OCH3 is 1. The Morgan fingerprint density at radius 1 is 1.44 bits per heavy atom. The third kappa shape index (κ3) is 4.55. The molecule has 0 unspecified atom stereocenters. The average molecular weight is 371 g/mol. The normalized spacial score (nSPS) is 24.4. The second-order valence-electron chi connectivity index (χ2n) is 5.30. The maximum Gasteiger partial charge on any atom is 0.410 e. The van der Waals surface area contributed by atoms with Crippen LogP contribution in [0.3, 0.4) is 0 Å². The SMILES string of the molecule is COCO[C@H]1CCN(C(=O)OC(C)(C)C)[C@H]1CI. The summed E-state index contributed by atoms with van der Waals surface area (Å²) in [6.07, 6.45) is 0.609. The zero-order valence-electron chi connectivity index (χ0n) is 11.4. The predicted molar refractivity (Wildman–Crippen MR) is 77.0 cm³/mol. The Bertz CT molecular complexity index is 280. The van der Waals surface area contributed by atoms with E-state index in [0.717, 1.165) is 10.8 Å². The van der Waals surface area contributed by atoms with E-state index in [2.05, 4.69) is 22.6 Å². The molecule has 1 amide bonds. The number of carbonyl (C=O) groups excluding carboxylic acids is 1. The Balaban J connectivity index is 2.58. The van der Waals surface area contributed by atoms with Gasteiger partial charge in [0, 0.05) is 18.1 Å². The Kier molecular flexibility index (Phi) is 6.13. The smallest absolute Gasteiger partial charge is 0.410 e. The molecule has 0 N–H and O–H groups in total. The highest BCUT2D eigenvalue weighted by Gasteiger charge is 2.39. The zero-order valence-corrected chi connectivity index (χ0v) is 13.6. The van der Waals surface area contributed by atoms with Crippen LogP contribution in [0.1, 0.15) is 27.2 Å². The molecule has 0 radical (unpaired) electrons. The standard InChI is InChI=1S/C12H22INO4/c1-12(2,3)18-11(15)14-6-5-10(9(14)7-13)17-8-16-4/h9-10H,5-8H2,1-4H3/t9-,10-/m0/s1. The quantitative estimate of drug-likeness (QED) is 0.433. The van der Waals surface area contributed by atoms with Gasteiger partial charge in [-0.2, -0.15) is 0 Å². The molecule has 106 valence electrons. The lowest BCUT2D eigenvalue weighted by molar-refractivity contribution is -0.0782. The number of nitrogens with zero attached hydrogens (tertiary/aromatic N) is 1. The summed E-state index contributed by atoms with van der Waals surface area (Å²) >= 11 is 2.27. The highest BCUT2D eigenvalue weighted by molar-refractivity contribution is 14.1. The molecular formula is C12H22INO4. The first-order valence-corrected chi connectivity index (χ1v) is 7.57. The maximum atomic E-state index is 12.1. The van der Waals surface area contributed by atoms with Crippen LogP contribution < -0.4 is 0 Å². The molecule has 0 aromatic carbocycles. The molecule has 1 aliphatic heterocycles. The summed E-state index contributed by atoms with van der Waals surface area (Å²) in [5, 5.41) is 0. The summed E-state index contributed by atoms with van der Waals surface area (Å²) in [6.45, 7) is 6.56. The molecule has 1 saturated heterocycles. The molecule has 2 atom stereocenters. The van der Waals surface area contributed by atoms with Crippen molar-refractivity contribution in [2.24, 2.45) is 0 Å². The monoisotopic (exact) mass is 371 g/mol. The van der Waals surface area contributed by atoms with Crippen molar-refractivity contribution in [1.29, 1.82) is 0 Å². The van der Waals surface area contributed by atoms with E-state index in [1.165, 1.54) is 0 Å². The van der Waals surface area contributed by atoms with Crippen LogP contribution in [0.15, 0.2) is 0 Å². The molecule has 5 nitrogen and oxygen atoms in total. The van der Waals surface area contributed by atoms with Gasteiger partial charge in [0.05, 0.1) is 12.1 Å². The van der Waals surface area contributed by atoms with Gasteiger partial charge >= 0.3 is 6.09 Å². The van der Waals surface area contributed by atoms with Gasteiger partial charge in [-0.3, -0.25) is 0 Å². The first-order chi connectivity index (χ1) is 8.39. The van der Waals surface area contributed by atoms with Crippen molar-refractivity contribution >= 4 is 28.7 Å². The highest BCUT2D eigenvalue weighted by atomic mass is 127. The van der Waals surface area contributed by atoms with Gasteiger partial charge in [0.15, 0.2) is 0 Å². The van der Waals surface area contributed by atoms with Crippen LogP contribution in [-0.4, -0.2) is 53.6 Å². The number of halogens is 1. The van der Waals surface area contributed by atoms with Crippen molar-refractivity contribution in [1.82, 2.24) is 4.90 Å². The number of ether oxygens (including phenoxy) is 3. The molecule has 18 heavy (non-hydrogen) atoms. The molecule has 1 heterocycles. The predicted octanol–water partition coefficient (Wildman–Crippen LogP) is 2.42. The van der Waals surface area contributed by atoms with Crippen molar-refractivity contribution in [3.63, 3.8) is 0 Å². The van der Waals surface area contributed by atoms with E-state index in [1.807, 2.05) is 20.8 Å². The first-order valence-electron chi connectivity index (χ1n) is 6.05. The molecule has 0 aliphatic carbocycles. The van der Waals surface area contributed by atoms with Crippen LogP contribution in [0.4, 0.5) is 4.79 Å². The second-order valence-corrected chi connectivity index (χ2v) is 6.18. The van der Waals surface area contributed by atoms with Gasteiger partial charge in [0.2, 0.25) is 0 Å². The number of rotatable bonds is 4. The third-order valence-corrected chi connectivity index (χ3v) is 3.57. The van der Waals surface area contributed by atoms with E-state index in [-0.39, 0.29) is 25.0 Å². The number of hydrogen-bond acceptors (Lipinski definition) is 4. The molecular weight excluding hydrogens is 349 g/mol. The lowest BCUT2D eigenvalue weighted by atomic mass is 10.2. The first kappa shape index (κ1) is 16.0. The fourth-order valence-corrected chi connectivity index (χ4v) is 2.95. The van der Waals surface area contributed by atoms with Gasteiger partial charge in [0.25, 0.3) is 0 Å². The molecule has 1 fully saturated rings. The summed E-state index contributed by atoms with van der Waals surface area (Å²) < 4.78 is 16.7. The molecule has 6 heteroatoms. The number of hydrogen-bond donors (Lipinski definition) is 0. The number of likely N-dealkylation sites (tertiary alicyclic amines) is 1. The summed E-state index contributed by atoms with van der Waals surface area (Å²) in [6, 6.07) is 0.0654. The molecule has 0 aromatic heterocycles. The Morgan fingerprint density at radius 3 is 2.61 bits per heavy atom. The summed E-state index contributed by atoms with van der Waals surface area (Å²) in [7, 11) is 1.60. The topological polar surface area (TPSA) is 48.0 Å². The second kappa shape index (κ2) is 6.91. The van der Waals surface area contributed by atoms with Crippen LogP contribution >= 0.6 is 22.6 Å². The van der Waals surface area contributed by atoms with Crippen molar-refractivity contribution in [2.75, 3.05) is 24.9 Å². The van der Waals surface area contributed by atoms with E-state index < -0.39 is 5.60 Å². The van der Waals surface area contributed by atoms with Gasteiger partial charge in [-0.05, 0) is 27.2 Å². The van der Waals surface area contributed by atoms with E-state index in [4.69, 9.17) is 14.2 Å². The Labute approximate surface area is 122 Å². The van der Waals surface area contributed by atoms with E-state index in [9.17, 15) is 4.79 Å². The van der Waals surface area contributed by atoms with E-state index >= 15 is 0 Å². The molecule has 0 saturated carbocycles. The summed E-state index contributed by atoms with van der Waals surface area (Å²) in [4.78, 5) is 13.8. The molecule has 0 spiro atoms. The zero-order chi connectivity index (χ0) is 13.8. The van der Waals surface area contributed by atoms with Crippen molar-refractivity contribution in [3.05, 3.63) is 0 Å². The van der Waals surface area contributed by atoms with Crippen molar-refractivity contribution < 1.29 is 19.0 Å². The minimum absolute atomic E-state index is 0.0365. The fraction of sp³-hybridized carbons (Fsp3) is 0.917. The van der Waals surface area contributed by atoms with Gasteiger partial charge < -0.3 is 19.1 Å². The van der Waals surface area contributed by atoms with Crippen LogP contribution in [0.25, 0.3) is 0 Å². The largest absolute Gasteiger partial charge is 0.444 e. The van der Waals surface area contributed by atoms with Gasteiger partial charge in [0.1, 0.15) is 12.4 Å². The van der Waals surface area contributed by atoms with Gasteiger partial charge in [-0.15, -0.1) is 0 Å². The number of carbonyl (C=O) groups is 1.